The van der Waals surface area contributed by atoms with Crippen molar-refractivity contribution < 1.29 is 61.8 Å². The van der Waals surface area contributed by atoms with Crippen LogP contribution in [0.15, 0.2) is 0 Å². The lowest BCUT2D eigenvalue weighted by Gasteiger charge is -2.49. The van der Waals surface area contributed by atoms with Crippen LogP contribution < -0.4 is 0 Å². The second kappa shape index (κ2) is 20.3. The van der Waals surface area contributed by atoms with E-state index >= 15 is 0 Å². The van der Waals surface area contributed by atoms with E-state index in [1.807, 2.05) is 0 Å². The zero-order chi connectivity index (χ0) is 32.6. The minimum atomic E-state index is -1.28. The molecule has 0 N–H and O–H groups in total. The third-order valence-electron chi connectivity index (χ3n) is 7.29. The van der Waals surface area contributed by atoms with Crippen molar-refractivity contribution in [2.45, 2.75) is 148 Å². The van der Waals surface area contributed by atoms with Gasteiger partial charge >= 0.3 is 17.9 Å². The molecule has 0 amide bonds. The maximum Gasteiger partial charge on any atom is 0.303 e. The van der Waals surface area contributed by atoms with Crippen LogP contribution in [-0.4, -0.2) is 113 Å². The Bertz CT molecular complexity index is 854. The van der Waals surface area contributed by atoms with Crippen molar-refractivity contribution in [2.75, 3.05) is 33.5 Å². The van der Waals surface area contributed by atoms with Crippen LogP contribution in [0.4, 0.5) is 0 Å². The standard InChI is InChI=1S/C31H54O13/c1-9-12-15-36-18-23-25(26(37-16-13-10-2)28(30(35-8)43-23)38-17-14-11-3)44-31-29(42-22(7)34)27(41-21(6)33)24(19(4)39-31)40-20(5)32/h19,23-31H,9-18H2,1-8H3/t19?,23?,24-,25+,26?,27-,28-,29?,30-,31-/m0/s1. The van der Waals surface area contributed by atoms with Gasteiger partial charge in [-0.25, -0.2) is 0 Å². The van der Waals surface area contributed by atoms with Gasteiger partial charge in [-0.3, -0.25) is 14.4 Å². The van der Waals surface area contributed by atoms with Crippen LogP contribution in [0.3, 0.4) is 0 Å². The van der Waals surface area contributed by atoms with Crippen LogP contribution in [-0.2, 0) is 61.8 Å². The normalized spacial score (nSPS) is 32.2. The van der Waals surface area contributed by atoms with Crippen molar-refractivity contribution >= 4 is 17.9 Å². The van der Waals surface area contributed by atoms with Gasteiger partial charge in [-0.1, -0.05) is 40.0 Å². The number of rotatable bonds is 19. The molecule has 0 spiro atoms. The Morgan fingerprint density at radius 1 is 0.614 bits per heavy atom. The van der Waals surface area contributed by atoms with Crippen molar-refractivity contribution in [3.63, 3.8) is 0 Å². The highest BCUT2D eigenvalue weighted by molar-refractivity contribution is 5.68. The number of esters is 3. The first kappa shape index (κ1) is 38.3. The monoisotopic (exact) mass is 634 g/mol. The van der Waals surface area contributed by atoms with Crippen molar-refractivity contribution in [3.8, 4) is 0 Å². The Morgan fingerprint density at radius 2 is 1.14 bits per heavy atom. The summed E-state index contributed by atoms with van der Waals surface area (Å²) in [5, 5.41) is 0. The average Bonchev–Trinajstić information content (AvgIpc) is 2.96. The Labute approximate surface area is 261 Å². The summed E-state index contributed by atoms with van der Waals surface area (Å²) in [6.07, 6.45) is -3.97. The van der Waals surface area contributed by atoms with Gasteiger partial charge in [0, 0.05) is 47.7 Å². The van der Waals surface area contributed by atoms with Crippen molar-refractivity contribution in [1.82, 2.24) is 0 Å². The minimum absolute atomic E-state index is 0.157. The number of hydrogen-bond donors (Lipinski definition) is 0. The number of unbranched alkanes of at least 4 members (excludes halogenated alkanes) is 3. The largest absolute Gasteiger partial charge is 0.456 e. The fraction of sp³-hybridized carbons (Fsp3) is 0.903. The summed E-state index contributed by atoms with van der Waals surface area (Å²) < 4.78 is 60.2. The zero-order valence-corrected chi connectivity index (χ0v) is 27.7. The molecule has 2 aliphatic rings. The van der Waals surface area contributed by atoms with Crippen LogP contribution in [0.1, 0.15) is 87.0 Å². The molecule has 0 aliphatic carbocycles. The van der Waals surface area contributed by atoms with E-state index in [0.717, 1.165) is 38.5 Å². The average molecular weight is 635 g/mol. The number of hydrogen-bond acceptors (Lipinski definition) is 13. The number of carbonyl (C=O) groups is 3. The summed E-state index contributed by atoms with van der Waals surface area (Å²) in [7, 11) is 1.54. The van der Waals surface area contributed by atoms with Gasteiger partial charge in [0.1, 0.15) is 24.4 Å². The van der Waals surface area contributed by atoms with Gasteiger partial charge in [0.05, 0.1) is 12.7 Å². The molecule has 2 rings (SSSR count). The van der Waals surface area contributed by atoms with Crippen molar-refractivity contribution in [2.24, 2.45) is 0 Å². The summed E-state index contributed by atoms with van der Waals surface area (Å²) in [4.78, 5) is 36.4. The summed E-state index contributed by atoms with van der Waals surface area (Å²) in [5.74, 6) is -1.94. The van der Waals surface area contributed by atoms with E-state index in [1.165, 1.54) is 20.8 Å². The molecule has 13 nitrogen and oxygen atoms in total. The van der Waals surface area contributed by atoms with Crippen molar-refractivity contribution in [1.29, 1.82) is 0 Å². The molecule has 10 atom stereocenters. The molecule has 13 heteroatoms. The molecule has 0 saturated carbocycles. The van der Waals surface area contributed by atoms with Crippen LogP contribution in [0.25, 0.3) is 0 Å². The molecule has 0 bridgehead atoms. The Hall–Kier alpha value is -1.87. The highest BCUT2D eigenvalue weighted by atomic mass is 16.8. The maximum absolute atomic E-state index is 12.3. The van der Waals surface area contributed by atoms with Crippen molar-refractivity contribution in [3.05, 3.63) is 0 Å². The number of carbonyl (C=O) groups excluding carboxylic acids is 3. The molecule has 4 unspecified atom stereocenters. The van der Waals surface area contributed by atoms with Gasteiger partial charge in [0.25, 0.3) is 0 Å². The molecule has 0 aromatic carbocycles. The molecule has 0 aromatic rings. The van der Waals surface area contributed by atoms with Gasteiger partial charge in [-0.05, 0) is 26.2 Å². The van der Waals surface area contributed by atoms with Crippen LogP contribution in [0, 0.1) is 0 Å². The molecule has 44 heavy (non-hydrogen) atoms. The minimum Gasteiger partial charge on any atom is -0.456 e. The first-order chi connectivity index (χ1) is 21.1. The van der Waals surface area contributed by atoms with Crippen LogP contribution in [0.2, 0.25) is 0 Å². The molecule has 0 radical (unpaired) electrons. The number of ether oxygens (including phenoxy) is 10. The Morgan fingerprint density at radius 3 is 1.68 bits per heavy atom. The van der Waals surface area contributed by atoms with E-state index in [4.69, 9.17) is 47.4 Å². The van der Waals surface area contributed by atoms with Gasteiger partial charge in [-0.2, -0.15) is 0 Å². The second-order valence-electron chi connectivity index (χ2n) is 11.1. The van der Waals surface area contributed by atoms with Gasteiger partial charge < -0.3 is 47.4 Å². The second-order valence-corrected chi connectivity index (χ2v) is 11.1. The Kier molecular flexibility index (Phi) is 17.7. The summed E-state index contributed by atoms with van der Waals surface area (Å²) in [6.45, 7) is 13.1. The summed E-state index contributed by atoms with van der Waals surface area (Å²) >= 11 is 0. The van der Waals surface area contributed by atoms with E-state index in [9.17, 15) is 14.4 Å². The highest BCUT2D eigenvalue weighted by Gasteiger charge is 2.55. The van der Waals surface area contributed by atoms with E-state index < -0.39 is 79.3 Å². The quantitative estimate of drug-likeness (QED) is 0.116. The topological polar surface area (TPSA) is 144 Å². The van der Waals surface area contributed by atoms with Gasteiger partial charge in [-0.15, -0.1) is 0 Å². The Balaban J connectivity index is 2.53. The maximum atomic E-state index is 12.3. The first-order valence-corrected chi connectivity index (χ1v) is 15.9. The van der Waals surface area contributed by atoms with Gasteiger partial charge in [0.15, 0.2) is 30.9 Å². The lowest BCUT2D eigenvalue weighted by molar-refractivity contribution is -0.363. The first-order valence-electron chi connectivity index (χ1n) is 15.9. The third-order valence-corrected chi connectivity index (χ3v) is 7.29. The molecule has 2 aliphatic heterocycles. The van der Waals surface area contributed by atoms with E-state index in [1.54, 1.807) is 14.0 Å². The number of methoxy groups -OCH3 is 1. The lowest BCUT2D eigenvalue weighted by atomic mass is 9.96. The molecule has 2 fully saturated rings. The molecular weight excluding hydrogens is 580 g/mol. The predicted octanol–water partition coefficient (Wildman–Crippen LogP) is 3.47. The zero-order valence-electron chi connectivity index (χ0n) is 27.7. The molecule has 0 aromatic heterocycles. The highest BCUT2D eigenvalue weighted by Crippen LogP contribution is 2.35. The third kappa shape index (κ3) is 11.8. The summed E-state index contributed by atoms with van der Waals surface area (Å²) in [6, 6.07) is 0. The molecule has 256 valence electrons. The molecule has 2 saturated heterocycles. The van der Waals surface area contributed by atoms with E-state index in [2.05, 4.69) is 20.8 Å². The fourth-order valence-corrected chi connectivity index (χ4v) is 5.14. The van der Waals surface area contributed by atoms with E-state index in [0.29, 0.717) is 19.8 Å². The smallest absolute Gasteiger partial charge is 0.303 e. The van der Waals surface area contributed by atoms with E-state index in [-0.39, 0.29) is 6.61 Å². The lowest BCUT2D eigenvalue weighted by Crippen LogP contribution is -2.66. The predicted molar refractivity (Wildman–Crippen MR) is 157 cm³/mol. The fourth-order valence-electron chi connectivity index (χ4n) is 5.14. The van der Waals surface area contributed by atoms with Crippen LogP contribution in [0.5, 0.6) is 0 Å². The summed E-state index contributed by atoms with van der Waals surface area (Å²) in [5.41, 5.74) is 0. The van der Waals surface area contributed by atoms with Crippen LogP contribution >= 0.6 is 0 Å². The molecule has 2 heterocycles. The van der Waals surface area contributed by atoms with Gasteiger partial charge in [0.2, 0.25) is 0 Å². The SMILES string of the molecule is CCCCOCC1O[C@H](OC)[C@@H](OCCCC)C(OCCCC)[C@@H]1O[C@@H]1OC(C)[C@H](OC(C)=O)[C@H](OC(C)=O)C1OC(C)=O. The molecular formula is C31H54O13.